The molecule has 3 nitrogen and oxygen atoms in total. The molecule has 0 bridgehead atoms. The number of carbonyl (C=O) groups is 1. The summed E-state index contributed by atoms with van der Waals surface area (Å²) in [7, 11) is 0. The molecule has 0 aromatic heterocycles. The Labute approximate surface area is 95.7 Å². The van der Waals surface area contributed by atoms with Gasteiger partial charge in [-0.05, 0) is 31.4 Å². The van der Waals surface area contributed by atoms with E-state index in [1.54, 1.807) is 20.8 Å². The average molecular weight is 222 g/mol. The van der Waals surface area contributed by atoms with Crippen LogP contribution >= 0.6 is 0 Å². The molecule has 1 rings (SSSR count). The third kappa shape index (κ3) is 3.35. The number of carboxylic acid groups (broad SMARTS) is 1. The smallest absolute Gasteiger partial charge is 0.306 e. The van der Waals surface area contributed by atoms with Crippen LogP contribution in [0.2, 0.25) is 0 Å². The summed E-state index contributed by atoms with van der Waals surface area (Å²) in [5, 5.41) is 18.5. The third-order valence-electron chi connectivity index (χ3n) is 2.62. The van der Waals surface area contributed by atoms with Crippen molar-refractivity contribution in [1.29, 1.82) is 0 Å². The molecule has 0 amide bonds. The number of rotatable bonds is 4. The van der Waals surface area contributed by atoms with E-state index >= 15 is 0 Å². The van der Waals surface area contributed by atoms with Crippen molar-refractivity contribution in [3.63, 3.8) is 0 Å². The van der Waals surface area contributed by atoms with Crippen molar-refractivity contribution in [1.82, 2.24) is 0 Å². The molecule has 1 aromatic carbocycles. The Balaban J connectivity index is 2.76. The summed E-state index contributed by atoms with van der Waals surface area (Å²) < 4.78 is 0. The van der Waals surface area contributed by atoms with E-state index in [-0.39, 0.29) is 5.92 Å². The topological polar surface area (TPSA) is 57.5 Å². The first-order chi connectivity index (χ1) is 7.30. The molecule has 1 unspecified atom stereocenters. The van der Waals surface area contributed by atoms with E-state index in [2.05, 4.69) is 0 Å². The molecule has 1 atom stereocenters. The van der Waals surface area contributed by atoms with Gasteiger partial charge < -0.3 is 10.2 Å². The highest BCUT2D eigenvalue weighted by molar-refractivity contribution is 5.69. The number of aliphatic carboxylic acids is 1. The Morgan fingerprint density at radius 2 is 1.81 bits per heavy atom. The van der Waals surface area contributed by atoms with Crippen LogP contribution in [-0.4, -0.2) is 16.2 Å². The summed E-state index contributed by atoms with van der Waals surface area (Å²) in [5.41, 5.74) is 0.957. The van der Waals surface area contributed by atoms with Crippen LogP contribution in [0.5, 0.6) is 0 Å². The molecular formula is C13H18O3. The molecule has 3 heteroatoms. The lowest BCUT2D eigenvalue weighted by atomic mass is 9.95. The standard InChI is InChI=1S/C13H18O3/c1-9(12(14)15)8-10-4-6-11(7-5-10)13(2,3)16/h4-7,9,16H,8H2,1-3H3,(H,14,15). The highest BCUT2D eigenvalue weighted by Gasteiger charge is 2.16. The second-order valence-electron chi connectivity index (χ2n) is 4.70. The molecule has 0 radical (unpaired) electrons. The molecule has 88 valence electrons. The van der Waals surface area contributed by atoms with Crippen molar-refractivity contribution >= 4 is 5.97 Å². The van der Waals surface area contributed by atoms with Crippen LogP contribution < -0.4 is 0 Å². The van der Waals surface area contributed by atoms with Crippen LogP contribution in [0.15, 0.2) is 24.3 Å². The van der Waals surface area contributed by atoms with Gasteiger partial charge in [0.1, 0.15) is 0 Å². The van der Waals surface area contributed by atoms with Gasteiger partial charge in [-0.25, -0.2) is 0 Å². The molecule has 0 fully saturated rings. The molecule has 0 aliphatic carbocycles. The molecule has 0 heterocycles. The van der Waals surface area contributed by atoms with Crippen LogP contribution in [0.1, 0.15) is 31.9 Å². The summed E-state index contributed by atoms with van der Waals surface area (Å²) in [5.74, 6) is -1.17. The van der Waals surface area contributed by atoms with Gasteiger partial charge in [-0.3, -0.25) is 4.79 Å². The summed E-state index contributed by atoms with van der Waals surface area (Å²) >= 11 is 0. The van der Waals surface area contributed by atoms with E-state index < -0.39 is 11.6 Å². The summed E-state index contributed by atoms with van der Waals surface area (Å²) in [6.45, 7) is 5.13. The Kier molecular flexibility index (Phi) is 3.70. The maximum absolute atomic E-state index is 10.7. The van der Waals surface area contributed by atoms with Gasteiger partial charge in [0.05, 0.1) is 11.5 Å². The zero-order chi connectivity index (χ0) is 12.3. The van der Waals surface area contributed by atoms with Gasteiger partial charge in [-0.1, -0.05) is 31.2 Å². The van der Waals surface area contributed by atoms with Gasteiger partial charge in [-0.15, -0.1) is 0 Å². The van der Waals surface area contributed by atoms with Gasteiger partial charge in [0, 0.05) is 0 Å². The van der Waals surface area contributed by atoms with E-state index in [0.29, 0.717) is 6.42 Å². The third-order valence-corrected chi connectivity index (χ3v) is 2.62. The Morgan fingerprint density at radius 1 is 1.31 bits per heavy atom. The minimum Gasteiger partial charge on any atom is -0.481 e. The minimum absolute atomic E-state index is 0.381. The average Bonchev–Trinajstić information content (AvgIpc) is 2.17. The fourth-order valence-corrected chi connectivity index (χ4v) is 1.49. The van der Waals surface area contributed by atoms with Crippen LogP contribution in [0.25, 0.3) is 0 Å². The monoisotopic (exact) mass is 222 g/mol. The van der Waals surface area contributed by atoms with Gasteiger partial charge in [-0.2, -0.15) is 0 Å². The number of benzene rings is 1. The van der Waals surface area contributed by atoms with Crippen molar-refractivity contribution in [3.8, 4) is 0 Å². The predicted octanol–water partition coefficient (Wildman–Crippen LogP) is 2.18. The first-order valence-corrected chi connectivity index (χ1v) is 5.35. The molecule has 0 aliphatic rings. The fourth-order valence-electron chi connectivity index (χ4n) is 1.49. The Bertz CT molecular complexity index is 360. The van der Waals surface area contributed by atoms with E-state index in [1.165, 1.54) is 0 Å². The van der Waals surface area contributed by atoms with E-state index in [1.807, 2.05) is 24.3 Å². The SMILES string of the molecule is CC(Cc1ccc(C(C)(C)O)cc1)C(=O)O. The fraction of sp³-hybridized carbons (Fsp3) is 0.462. The van der Waals surface area contributed by atoms with E-state index in [0.717, 1.165) is 11.1 Å². The zero-order valence-electron chi connectivity index (χ0n) is 9.90. The summed E-state index contributed by atoms with van der Waals surface area (Å²) in [6, 6.07) is 7.41. The second-order valence-corrected chi connectivity index (χ2v) is 4.70. The number of hydrogen-bond acceptors (Lipinski definition) is 2. The van der Waals surface area contributed by atoms with Gasteiger partial charge >= 0.3 is 5.97 Å². The lowest BCUT2D eigenvalue weighted by Crippen LogP contribution is -2.16. The van der Waals surface area contributed by atoms with E-state index in [4.69, 9.17) is 5.11 Å². The summed E-state index contributed by atoms with van der Waals surface area (Å²) in [4.78, 5) is 10.7. The minimum atomic E-state index is -0.850. The Morgan fingerprint density at radius 3 is 2.19 bits per heavy atom. The largest absolute Gasteiger partial charge is 0.481 e. The Hall–Kier alpha value is -1.35. The van der Waals surface area contributed by atoms with E-state index in [9.17, 15) is 9.90 Å². The lowest BCUT2D eigenvalue weighted by Gasteiger charge is -2.18. The van der Waals surface area contributed by atoms with Crippen molar-refractivity contribution in [2.24, 2.45) is 5.92 Å². The van der Waals surface area contributed by atoms with Gasteiger partial charge in [0.2, 0.25) is 0 Å². The first kappa shape index (κ1) is 12.7. The van der Waals surface area contributed by atoms with Crippen LogP contribution in [0.3, 0.4) is 0 Å². The van der Waals surface area contributed by atoms with Crippen LogP contribution in [0, 0.1) is 5.92 Å². The van der Waals surface area contributed by atoms with Crippen molar-refractivity contribution in [2.75, 3.05) is 0 Å². The summed E-state index contributed by atoms with van der Waals surface area (Å²) in [6.07, 6.45) is 0.515. The van der Waals surface area contributed by atoms with Crippen LogP contribution in [-0.2, 0) is 16.8 Å². The predicted molar refractivity (Wildman–Crippen MR) is 62.2 cm³/mol. The maximum atomic E-state index is 10.7. The number of hydrogen-bond donors (Lipinski definition) is 2. The van der Waals surface area contributed by atoms with Crippen LogP contribution in [0.4, 0.5) is 0 Å². The second kappa shape index (κ2) is 4.66. The van der Waals surface area contributed by atoms with Gasteiger partial charge in [0.15, 0.2) is 0 Å². The normalized spacial score (nSPS) is 13.5. The quantitative estimate of drug-likeness (QED) is 0.821. The zero-order valence-corrected chi connectivity index (χ0v) is 9.90. The molecule has 2 N–H and O–H groups in total. The number of carboxylic acids is 1. The maximum Gasteiger partial charge on any atom is 0.306 e. The molecule has 0 saturated carbocycles. The molecule has 0 spiro atoms. The highest BCUT2D eigenvalue weighted by atomic mass is 16.4. The lowest BCUT2D eigenvalue weighted by molar-refractivity contribution is -0.141. The molecular weight excluding hydrogens is 204 g/mol. The van der Waals surface area contributed by atoms with Crippen molar-refractivity contribution < 1.29 is 15.0 Å². The first-order valence-electron chi connectivity index (χ1n) is 5.35. The molecule has 0 saturated heterocycles. The van der Waals surface area contributed by atoms with Crippen molar-refractivity contribution in [3.05, 3.63) is 35.4 Å². The highest BCUT2D eigenvalue weighted by Crippen LogP contribution is 2.20. The van der Waals surface area contributed by atoms with Gasteiger partial charge in [0.25, 0.3) is 0 Å². The molecule has 16 heavy (non-hydrogen) atoms. The molecule has 1 aromatic rings. The van der Waals surface area contributed by atoms with Crippen molar-refractivity contribution in [2.45, 2.75) is 32.8 Å². The molecule has 0 aliphatic heterocycles. The number of aliphatic hydroxyl groups is 1.